The standard InChI is InChI=1S/C10H13ClO2/c1-7(6-12)8-4-3-5-9(13-2)10(8)11/h3-5,7,12H,6H2,1-2H3. The monoisotopic (exact) mass is 200 g/mol. The van der Waals surface area contributed by atoms with E-state index >= 15 is 0 Å². The van der Waals surface area contributed by atoms with Gasteiger partial charge in [-0.15, -0.1) is 0 Å². The van der Waals surface area contributed by atoms with E-state index in [0.29, 0.717) is 10.8 Å². The second-order valence-electron chi connectivity index (χ2n) is 2.95. The van der Waals surface area contributed by atoms with Crippen LogP contribution in [0.25, 0.3) is 0 Å². The van der Waals surface area contributed by atoms with Crippen molar-refractivity contribution in [3.8, 4) is 5.75 Å². The molecule has 1 aromatic carbocycles. The van der Waals surface area contributed by atoms with Gasteiger partial charge in [0, 0.05) is 12.5 Å². The van der Waals surface area contributed by atoms with Crippen molar-refractivity contribution in [2.75, 3.05) is 13.7 Å². The Labute approximate surface area is 83.1 Å². The van der Waals surface area contributed by atoms with E-state index in [1.807, 2.05) is 19.1 Å². The third-order valence-electron chi connectivity index (χ3n) is 2.02. The summed E-state index contributed by atoms with van der Waals surface area (Å²) in [5.41, 5.74) is 0.920. The van der Waals surface area contributed by atoms with Gasteiger partial charge in [-0.1, -0.05) is 30.7 Å². The number of benzene rings is 1. The van der Waals surface area contributed by atoms with E-state index in [-0.39, 0.29) is 12.5 Å². The number of rotatable bonds is 3. The van der Waals surface area contributed by atoms with Gasteiger partial charge in [0.05, 0.1) is 12.1 Å². The van der Waals surface area contributed by atoms with Crippen molar-refractivity contribution in [3.05, 3.63) is 28.8 Å². The Bertz CT molecular complexity index is 286. The predicted octanol–water partition coefficient (Wildman–Crippen LogP) is 2.44. The summed E-state index contributed by atoms with van der Waals surface area (Å²) < 4.78 is 5.07. The summed E-state index contributed by atoms with van der Waals surface area (Å²) >= 11 is 6.05. The molecule has 3 heteroatoms. The van der Waals surface area contributed by atoms with Crippen LogP contribution in [0.2, 0.25) is 5.02 Å². The Hall–Kier alpha value is -0.730. The lowest BCUT2D eigenvalue weighted by Gasteiger charge is -2.12. The molecule has 0 aliphatic carbocycles. The Morgan fingerprint density at radius 1 is 1.54 bits per heavy atom. The van der Waals surface area contributed by atoms with Crippen LogP contribution in [0.1, 0.15) is 18.4 Å². The Balaban J connectivity index is 3.08. The van der Waals surface area contributed by atoms with Crippen LogP contribution in [-0.2, 0) is 0 Å². The zero-order chi connectivity index (χ0) is 9.84. The summed E-state index contributed by atoms with van der Waals surface area (Å²) in [6.07, 6.45) is 0. The fourth-order valence-corrected chi connectivity index (χ4v) is 1.55. The number of aliphatic hydroxyl groups is 1. The molecule has 0 aliphatic rings. The predicted molar refractivity (Wildman–Crippen MR) is 53.5 cm³/mol. The molecule has 1 aromatic rings. The molecule has 0 saturated carbocycles. The number of methoxy groups -OCH3 is 1. The van der Waals surface area contributed by atoms with E-state index < -0.39 is 0 Å². The number of ether oxygens (including phenoxy) is 1. The SMILES string of the molecule is COc1cccc(C(C)CO)c1Cl. The van der Waals surface area contributed by atoms with Crippen LogP contribution in [-0.4, -0.2) is 18.8 Å². The van der Waals surface area contributed by atoms with Crippen molar-refractivity contribution in [1.82, 2.24) is 0 Å². The lowest BCUT2D eigenvalue weighted by atomic mass is 10.0. The third kappa shape index (κ3) is 2.14. The number of halogens is 1. The van der Waals surface area contributed by atoms with Crippen molar-refractivity contribution >= 4 is 11.6 Å². The zero-order valence-electron chi connectivity index (χ0n) is 7.75. The van der Waals surface area contributed by atoms with E-state index in [0.717, 1.165) is 5.56 Å². The summed E-state index contributed by atoms with van der Waals surface area (Å²) in [5.74, 6) is 0.696. The van der Waals surface area contributed by atoms with Crippen LogP contribution in [0.3, 0.4) is 0 Å². The first-order valence-corrected chi connectivity index (χ1v) is 4.51. The molecule has 0 aliphatic heterocycles. The second kappa shape index (κ2) is 4.49. The van der Waals surface area contributed by atoms with Crippen LogP contribution >= 0.6 is 11.6 Å². The third-order valence-corrected chi connectivity index (χ3v) is 2.42. The lowest BCUT2D eigenvalue weighted by molar-refractivity contribution is 0.273. The first-order valence-electron chi connectivity index (χ1n) is 4.14. The van der Waals surface area contributed by atoms with Gasteiger partial charge in [0.2, 0.25) is 0 Å². The fraction of sp³-hybridized carbons (Fsp3) is 0.400. The molecule has 72 valence electrons. The average molecular weight is 201 g/mol. The summed E-state index contributed by atoms with van der Waals surface area (Å²) in [4.78, 5) is 0. The summed E-state index contributed by atoms with van der Waals surface area (Å²) in [7, 11) is 1.58. The van der Waals surface area contributed by atoms with E-state index in [2.05, 4.69) is 0 Å². The van der Waals surface area contributed by atoms with Crippen molar-refractivity contribution in [1.29, 1.82) is 0 Å². The smallest absolute Gasteiger partial charge is 0.137 e. The Kier molecular flexibility index (Phi) is 3.58. The van der Waals surface area contributed by atoms with Gasteiger partial charge < -0.3 is 9.84 Å². The lowest BCUT2D eigenvalue weighted by Crippen LogP contribution is -2.00. The van der Waals surface area contributed by atoms with Gasteiger partial charge in [-0.25, -0.2) is 0 Å². The number of hydrogen-bond acceptors (Lipinski definition) is 2. The van der Waals surface area contributed by atoms with Gasteiger partial charge in [-0.2, -0.15) is 0 Å². The minimum atomic E-state index is 0.0441. The minimum Gasteiger partial charge on any atom is -0.495 e. The van der Waals surface area contributed by atoms with Gasteiger partial charge in [-0.3, -0.25) is 0 Å². The largest absolute Gasteiger partial charge is 0.495 e. The maximum atomic E-state index is 8.98. The molecule has 2 nitrogen and oxygen atoms in total. The van der Waals surface area contributed by atoms with E-state index in [9.17, 15) is 0 Å². The first kappa shape index (κ1) is 10.4. The fourth-order valence-electron chi connectivity index (χ4n) is 1.16. The Morgan fingerprint density at radius 3 is 2.77 bits per heavy atom. The highest BCUT2D eigenvalue weighted by molar-refractivity contribution is 6.32. The highest BCUT2D eigenvalue weighted by atomic mass is 35.5. The molecule has 1 N–H and O–H groups in total. The molecule has 0 heterocycles. The normalized spacial score (nSPS) is 12.6. The zero-order valence-corrected chi connectivity index (χ0v) is 8.51. The molecule has 0 saturated heterocycles. The summed E-state index contributed by atoms with van der Waals surface area (Å²) in [6, 6.07) is 5.56. The highest BCUT2D eigenvalue weighted by Crippen LogP contribution is 2.32. The average Bonchev–Trinajstić information content (AvgIpc) is 2.17. The van der Waals surface area contributed by atoms with Crippen molar-refractivity contribution in [2.45, 2.75) is 12.8 Å². The van der Waals surface area contributed by atoms with Crippen LogP contribution in [0.5, 0.6) is 5.75 Å². The quantitative estimate of drug-likeness (QED) is 0.812. The van der Waals surface area contributed by atoms with Gasteiger partial charge in [-0.05, 0) is 11.6 Å². The van der Waals surface area contributed by atoms with Crippen LogP contribution in [0.15, 0.2) is 18.2 Å². The molecule has 1 rings (SSSR count). The molecular weight excluding hydrogens is 188 g/mol. The summed E-state index contributed by atoms with van der Waals surface area (Å²) in [6.45, 7) is 2.01. The first-order chi connectivity index (χ1) is 6.20. The minimum absolute atomic E-state index is 0.0441. The molecule has 0 amide bonds. The van der Waals surface area contributed by atoms with Crippen molar-refractivity contribution in [2.24, 2.45) is 0 Å². The molecule has 0 aromatic heterocycles. The maximum Gasteiger partial charge on any atom is 0.137 e. The second-order valence-corrected chi connectivity index (χ2v) is 3.33. The molecule has 0 fully saturated rings. The molecule has 1 unspecified atom stereocenters. The molecule has 13 heavy (non-hydrogen) atoms. The molecule has 0 bridgehead atoms. The molecular formula is C10H13ClO2. The molecule has 0 spiro atoms. The van der Waals surface area contributed by atoms with E-state index in [4.69, 9.17) is 21.4 Å². The van der Waals surface area contributed by atoms with Gasteiger partial charge in [0.1, 0.15) is 5.75 Å². The van der Waals surface area contributed by atoms with E-state index in [1.54, 1.807) is 13.2 Å². The van der Waals surface area contributed by atoms with Gasteiger partial charge in [0.25, 0.3) is 0 Å². The number of hydrogen-bond donors (Lipinski definition) is 1. The topological polar surface area (TPSA) is 29.5 Å². The number of aliphatic hydroxyl groups excluding tert-OH is 1. The summed E-state index contributed by atoms with van der Waals surface area (Å²) in [5, 5.41) is 9.57. The van der Waals surface area contributed by atoms with Crippen LogP contribution < -0.4 is 4.74 Å². The Morgan fingerprint density at radius 2 is 2.23 bits per heavy atom. The van der Waals surface area contributed by atoms with Gasteiger partial charge in [0.15, 0.2) is 0 Å². The molecule has 0 radical (unpaired) electrons. The maximum absolute atomic E-state index is 8.98. The van der Waals surface area contributed by atoms with Crippen LogP contribution in [0, 0.1) is 0 Å². The van der Waals surface area contributed by atoms with Crippen molar-refractivity contribution in [3.63, 3.8) is 0 Å². The van der Waals surface area contributed by atoms with E-state index in [1.165, 1.54) is 0 Å². The molecule has 1 atom stereocenters. The highest BCUT2D eigenvalue weighted by Gasteiger charge is 2.11. The van der Waals surface area contributed by atoms with Gasteiger partial charge >= 0.3 is 0 Å². The van der Waals surface area contributed by atoms with Crippen molar-refractivity contribution < 1.29 is 9.84 Å². The van der Waals surface area contributed by atoms with Crippen LogP contribution in [0.4, 0.5) is 0 Å².